The lowest BCUT2D eigenvalue weighted by atomic mass is 9.97. The summed E-state index contributed by atoms with van der Waals surface area (Å²) in [5.41, 5.74) is 0.802. The fourth-order valence-electron chi connectivity index (χ4n) is 3.97. The minimum Gasteiger partial charge on any atom is -0.371 e. The molecule has 3 saturated heterocycles. The summed E-state index contributed by atoms with van der Waals surface area (Å²) in [6.07, 6.45) is -16.6. The molecule has 0 amide bonds. The first-order chi connectivity index (χ1) is 14.3. The molecule has 0 N–H and O–H groups in total. The number of benzene rings is 1. The Hall–Kier alpha value is -1.44. The van der Waals surface area contributed by atoms with E-state index in [0.717, 1.165) is 5.56 Å². The minimum atomic E-state index is -5.87. The molecule has 0 saturated carbocycles. The topological polar surface area (TPSA) is 55.4 Å². The monoisotopic (exact) mass is 458 g/mol. The van der Waals surface area contributed by atoms with E-state index in [4.69, 9.17) is 18.9 Å². The summed E-state index contributed by atoms with van der Waals surface area (Å²) in [4.78, 5) is 0. The van der Waals surface area contributed by atoms with Gasteiger partial charge in [0.05, 0.1) is 13.2 Å². The molecular weight excluding hydrogens is 438 g/mol. The number of alkyl halides is 6. The van der Waals surface area contributed by atoms with E-state index in [2.05, 4.69) is 9.47 Å². The lowest BCUT2D eigenvalue weighted by molar-refractivity contribution is -0.446. The van der Waals surface area contributed by atoms with Gasteiger partial charge in [0.15, 0.2) is 5.79 Å². The molecule has 3 fully saturated rings. The first kappa shape index (κ1) is 22.7. The van der Waals surface area contributed by atoms with E-state index in [9.17, 15) is 26.3 Å². The van der Waals surface area contributed by atoms with Crippen molar-refractivity contribution >= 4 is 0 Å². The zero-order valence-corrected chi connectivity index (χ0v) is 16.5. The Bertz CT molecular complexity index is 783. The van der Waals surface area contributed by atoms with Crippen LogP contribution in [0.3, 0.4) is 0 Å². The second-order valence-electron chi connectivity index (χ2n) is 7.99. The van der Waals surface area contributed by atoms with E-state index in [1.807, 2.05) is 6.07 Å². The van der Waals surface area contributed by atoms with Crippen molar-refractivity contribution in [2.75, 3.05) is 13.2 Å². The summed E-state index contributed by atoms with van der Waals surface area (Å²) < 4.78 is 112. The molecule has 31 heavy (non-hydrogen) atoms. The number of ether oxygens (including phenoxy) is 6. The molecule has 1 aromatic rings. The zero-order chi connectivity index (χ0) is 22.7. The maximum Gasteiger partial charge on any atom is 0.453 e. The van der Waals surface area contributed by atoms with E-state index in [-0.39, 0.29) is 13.2 Å². The molecule has 174 valence electrons. The van der Waals surface area contributed by atoms with Crippen molar-refractivity contribution in [1.82, 2.24) is 0 Å². The van der Waals surface area contributed by atoms with E-state index in [0.29, 0.717) is 0 Å². The smallest absolute Gasteiger partial charge is 0.371 e. The predicted octanol–water partition coefficient (Wildman–Crippen LogP) is 3.69. The third kappa shape index (κ3) is 3.83. The predicted molar refractivity (Wildman–Crippen MR) is 89.4 cm³/mol. The van der Waals surface area contributed by atoms with Crippen LogP contribution in [0.2, 0.25) is 0 Å². The number of hydrogen-bond acceptors (Lipinski definition) is 6. The van der Waals surface area contributed by atoms with E-state index in [1.165, 1.54) is 13.8 Å². The van der Waals surface area contributed by atoms with E-state index >= 15 is 0 Å². The average Bonchev–Trinajstić information content (AvgIpc) is 3.17. The molecule has 0 radical (unpaired) electrons. The maximum atomic E-state index is 13.4. The van der Waals surface area contributed by atoms with Gasteiger partial charge in [-0.25, -0.2) is 0 Å². The fraction of sp³-hybridized carbons (Fsp3) is 0.684. The van der Waals surface area contributed by atoms with Gasteiger partial charge in [0.25, 0.3) is 0 Å². The first-order valence-electron chi connectivity index (χ1n) is 9.41. The van der Waals surface area contributed by atoms with Gasteiger partial charge in [0, 0.05) is 0 Å². The SMILES string of the molecule is CC1(C)O[C@H]2[C@@H]3OC(C(F)(F)F)(C(F)(F)F)O[C@@H]3CO[C@@]2(COCc2ccccc2)O1. The van der Waals surface area contributed by atoms with Crippen molar-refractivity contribution in [3.8, 4) is 0 Å². The number of hydrogen-bond donors (Lipinski definition) is 0. The Kier molecular flexibility index (Phi) is 5.35. The van der Waals surface area contributed by atoms with Crippen LogP contribution >= 0.6 is 0 Å². The highest BCUT2D eigenvalue weighted by molar-refractivity contribution is 5.13. The normalized spacial score (nSPS) is 34.4. The van der Waals surface area contributed by atoms with Crippen LogP contribution in [0.1, 0.15) is 19.4 Å². The third-order valence-electron chi connectivity index (χ3n) is 5.20. The van der Waals surface area contributed by atoms with Crippen molar-refractivity contribution in [3.05, 3.63) is 35.9 Å². The van der Waals surface area contributed by atoms with Crippen LogP contribution in [0.5, 0.6) is 0 Å². The lowest BCUT2D eigenvalue weighted by Gasteiger charge is -2.40. The summed E-state index contributed by atoms with van der Waals surface area (Å²) >= 11 is 0. The minimum absolute atomic E-state index is 0.114. The Labute approximate surface area is 173 Å². The van der Waals surface area contributed by atoms with Crippen LogP contribution in [0.15, 0.2) is 30.3 Å². The van der Waals surface area contributed by atoms with Crippen molar-refractivity contribution in [2.45, 2.75) is 68.5 Å². The fourth-order valence-corrected chi connectivity index (χ4v) is 3.97. The molecule has 12 heteroatoms. The van der Waals surface area contributed by atoms with Crippen LogP contribution < -0.4 is 0 Å². The van der Waals surface area contributed by atoms with Crippen molar-refractivity contribution in [1.29, 1.82) is 0 Å². The summed E-state index contributed by atoms with van der Waals surface area (Å²) in [5.74, 6) is -7.92. The van der Waals surface area contributed by atoms with Crippen LogP contribution in [-0.2, 0) is 35.0 Å². The van der Waals surface area contributed by atoms with Gasteiger partial charge in [-0.3, -0.25) is 0 Å². The van der Waals surface area contributed by atoms with Gasteiger partial charge in [0.1, 0.15) is 24.9 Å². The Morgan fingerprint density at radius 2 is 1.61 bits per heavy atom. The lowest BCUT2D eigenvalue weighted by Crippen LogP contribution is -2.61. The molecule has 1 aromatic carbocycles. The van der Waals surface area contributed by atoms with Crippen LogP contribution in [0, 0.1) is 0 Å². The highest BCUT2D eigenvalue weighted by Crippen LogP contribution is 2.56. The molecule has 3 heterocycles. The summed E-state index contributed by atoms with van der Waals surface area (Å²) in [5, 5.41) is 0. The van der Waals surface area contributed by atoms with Gasteiger partial charge in [0.2, 0.25) is 5.79 Å². The zero-order valence-electron chi connectivity index (χ0n) is 16.5. The van der Waals surface area contributed by atoms with Gasteiger partial charge < -0.3 is 28.4 Å². The largest absolute Gasteiger partial charge is 0.453 e. The molecule has 4 rings (SSSR count). The van der Waals surface area contributed by atoms with E-state index < -0.39 is 54.6 Å². The molecule has 0 aliphatic carbocycles. The Morgan fingerprint density at radius 1 is 0.968 bits per heavy atom. The molecule has 0 bridgehead atoms. The van der Waals surface area contributed by atoms with Crippen LogP contribution in [0.25, 0.3) is 0 Å². The van der Waals surface area contributed by atoms with E-state index in [1.54, 1.807) is 24.3 Å². The second-order valence-corrected chi connectivity index (χ2v) is 7.99. The number of halogens is 6. The molecule has 3 aliphatic rings. The first-order valence-corrected chi connectivity index (χ1v) is 9.41. The Morgan fingerprint density at radius 3 is 2.23 bits per heavy atom. The molecule has 0 spiro atoms. The quantitative estimate of drug-likeness (QED) is 0.642. The molecular formula is C19H20F6O6. The molecule has 6 nitrogen and oxygen atoms in total. The van der Waals surface area contributed by atoms with Gasteiger partial charge in [-0.05, 0) is 19.4 Å². The van der Waals surface area contributed by atoms with Gasteiger partial charge in [-0.1, -0.05) is 30.3 Å². The molecule has 3 aliphatic heterocycles. The van der Waals surface area contributed by atoms with Crippen LogP contribution in [0.4, 0.5) is 26.3 Å². The van der Waals surface area contributed by atoms with Crippen molar-refractivity contribution < 1.29 is 54.8 Å². The van der Waals surface area contributed by atoms with Gasteiger partial charge in [-0.2, -0.15) is 26.3 Å². The summed E-state index contributed by atoms with van der Waals surface area (Å²) in [7, 11) is 0. The molecule has 0 unspecified atom stereocenters. The van der Waals surface area contributed by atoms with Crippen LogP contribution in [-0.4, -0.2) is 61.2 Å². The average molecular weight is 458 g/mol. The molecule has 0 aromatic heterocycles. The number of fused-ring (bicyclic) bond motifs is 3. The third-order valence-corrected chi connectivity index (χ3v) is 5.20. The Balaban J connectivity index is 1.58. The van der Waals surface area contributed by atoms with Crippen molar-refractivity contribution in [2.24, 2.45) is 0 Å². The second kappa shape index (κ2) is 7.29. The molecule has 4 atom stereocenters. The van der Waals surface area contributed by atoms with Gasteiger partial charge in [-0.15, -0.1) is 0 Å². The highest BCUT2D eigenvalue weighted by Gasteiger charge is 2.81. The summed E-state index contributed by atoms with van der Waals surface area (Å²) in [6, 6.07) is 8.97. The highest BCUT2D eigenvalue weighted by atomic mass is 19.4. The van der Waals surface area contributed by atoms with Crippen molar-refractivity contribution in [3.63, 3.8) is 0 Å². The number of rotatable bonds is 4. The van der Waals surface area contributed by atoms with Gasteiger partial charge >= 0.3 is 18.1 Å². The maximum absolute atomic E-state index is 13.4. The standard InChI is InChI=1S/C19H20F6O6/c1-15(2)30-14-13-12(28-17(29-13,18(20,21)22)19(23,24)25)9-27-16(14,31-15)10-26-8-11-6-4-3-5-7-11/h3-7,12-14H,8-10H2,1-2H3/t12-,13-,14+,16+/m1/s1. The summed E-state index contributed by atoms with van der Waals surface area (Å²) in [6.45, 7) is 2.08.